The highest BCUT2D eigenvalue weighted by Gasteiger charge is 2.19. The van der Waals surface area contributed by atoms with Crippen molar-refractivity contribution >= 4 is 18.3 Å². The van der Waals surface area contributed by atoms with Crippen LogP contribution in [-0.2, 0) is 0 Å². The third-order valence-electron chi connectivity index (χ3n) is 3.48. The van der Waals surface area contributed by atoms with Crippen molar-refractivity contribution in [2.75, 3.05) is 13.1 Å². The Balaban J connectivity index is 0.00000161. The summed E-state index contributed by atoms with van der Waals surface area (Å²) in [4.78, 5) is 12.1. The van der Waals surface area contributed by atoms with Gasteiger partial charge < -0.3 is 15.2 Å². The molecule has 0 atom stereocenters. The number of hydrogen-bond acceptors (Lipinski definition) is 4. The number of carbonyl (C=O) groups is 1. The van der Waals surface area contributed by atoms with Crippen LogP contribution in [0.2, 0.25) is 0 Å². The molecule has 6 heteroatoms. The molecular formula is C15H18ClN3O2. The molecule has 0 spiro atoms. The number of benzene rings is 1. The lowest BCUT2D eigenvalue weighted by Crippen LogP contribution is -2.42. The average Bonchev–Trinajstić information content (AvgIpc) is 2.99. The number of aromatic nitrogens is 1. The predicted molar refractivity (Wildman–Crippen MR) is 82.5 cm³/mol. The fourth-order valence-corrected chi connectivity index (χ4v) is 2.35. The van der Waals surface area contributed by atoms with E-state index in [0.717, 1.165) is 31.5 Å². The Hall–Kier alpha value is -1.85. The number of halogens is 1. The first-order valence-corrected chi connectivity index (χ1v) is 6.86. The summed E-state index contributed by atoms with van der Waals surface area (Å²) in [6.07, 6.45) is 1.90. The minimum Gasteiger partial charge on any atom is -0.350 e. The predicted octanol–water partition coefficient (Wildman–Crippen LogP) is 2.25. The Labute approximate surface area is 129 Å². The Morgan fingerprint density at radius 1 is 1.24 bits per heavy atom. The average molecular weight is 308 g/mol. The number of hydrogen-bond donors (Lipinski definition) is 2. The normalized spacial score (nSPS) is 15.2. The molecule has 0 radical (unpaired) electrons. The van der Waals surface area contributed by atoms with Gasteiger partial charge in [0.2, 0.25) is 5.76 Å². The highest BCUT2D eigenvalue weighted by molar-refractivity contribution is 5.92. The summed E-state index contributed by atoms with van der Waals surface area (Å²) in [5, 5.41) is 10.2. The van der Waals surface area contributed by atoms with Crippen LogP contribution in [0.25, 0.3) is 11.3 Å². The molecule has 1 aliphatic heterocycles. The van der Waals surface area contributed by atoms with Crippen molar-refractivity contribution in [1.82, 2.24) is 15.8 Å². The van der Waals surface area contributed by atoms with E-state index in [1.54, 1.807) is 6.07 Å². The third kappa shape index (κ3) is 3.83. The summed E-state index contributed by atoms with van der Waals surface area (Å²) in [5.41, 5.74) is 1.62. The second-order valence-corrected chi connectivity index (χ2v) is 4.94. The molecule has 2 heterocycles. The molecule has 112 valence electrons. The summed E-state index contributed by atoms with van der Waals surface area (Å²) in [6.45, 7) is 1.88. The molecule has 1 aromatic heterocycles. The van der Waals surface area contributed by atoms with E-state index in [1.165, 1.54) is 0 Å². The lowest BCUT2D eigenvalue weighted by atomic mass is 10.1. The molecule has 5 nitrogen and oxygen atoms in total. The number of amides is 1. The van der Waals surface area contributed by atoms with Crippen molar-refractivity contribution in [1.29, 1.82) is 0 Å². The highest BCUT2D eigenvalue weighted by atomic mass is 35.5. The Morgan fingerprint density at radius 3 is 2.67 bits per heavy atom. The molecule has 1 aromatic carbocycles. The minimum atomic E-state index is -0.188. The number of piperidine rings is 1. The topological polar surface area (TPSA) is 67.2 Å². The zero-order valence-electron chi connectivity index (χ0n) is 11.5. The molecule has 2 aromatic rings. The molecular weight excluding hydrogens is 290 g/mol. The monoisotopic (exact) mass is 307 g/mol. The molecule has 1 fully saturated rings. The number of nitrogens with zero attached hydrogens (tertiary/aromatic N) is 1. The highest BCUT2D eigenvalue weighted by Crippen LogP contribution is 2.18. The fourth-order valence-electron chi connectivity index (χ4n) is 2.35. The van der Waals surface area contributed by atoms with Crippen LogP contribution in [0.5, 0.6) is 0 Å². The molecule has 0 unspecified atom stereocenters. The zero-order valence-corrected chi connectivity index (χ0v) is 12.4. The maximum absolute atomic E-state index is 12.1. The summed E-state index contributed by atoms with van der Waals surface area (Å²) in [7, 11) is 0. The van der Waals surface area contributed by atoms with Gasteiger partial charge in [-0.1, -0.05) is 35.5 Å². The SMILES string of the molecule is Cl.O=C(NC1CCNCC1)c1cc(-c2ccccc2)no1. The van der Waals surface area contributed by atoms with Gasteiger partial charge in [-0.25, -0.2) is 0 Å². The van der Waals surface area contributed by atoms with Gasteiger partial charge in [0.15, 0.2) is 0 Å². The van der Waals surface area contributed by atoms with Gasteiger partial charge in [-0.05, 0) is 25.9 Å². The maximum Gasteiger partial charge on any atom is 0.290 e. The summed E-state index contributed by atoms with van der Waals surface area (Å²) in [6, 6.07) is 11.6. The van der Waals surface area contributed by atoms with Gasteiger partial charge >= 0.3 is 0 Å². The Bertz CT molecular complexity index is 580. The van der Waals surface area contributed by atoms with Crippen LogP contribution < -0.4 is 10.6 Å². The van der Waals surface area contributed by atoms with Crippen molar-refractivity contribution in [3.8, 4) is 11.3 Å². The van der Waals surface area contributed by atoms with E-state index in [9.17, 15) is 4.79 Å². The van der Waals surface area contributed by atoms with Gasteiger partial charge in [0.1, 0.15) is 5.69 Å². The lowest BCUT2D eigenvalue weighted by Gasteiger charge is -2.22. The first-order valence-electron chi connectivity index (χ1n) is 6.86. The Morgan fingerprint density at radius 2 is 1.95 bits per heavy atom. The lowest BCUT2D eigenvalue weighted by molar-refractivity contribution is 0.0892. The van der Waals surface area contributed by atoms with Crippen LogP contribution in [0, 0.1) is 0 Å². The van der Waals surface area contributed by atoms with E-state index in [2.05, 4.69) is 15.8 Å². The van der Waals surface area contributed by atoms with Crippen LogP contribution in [0.1, 0.15) is 23.4 Å². The van der Waals surface area contributed by atoms with Gasteiger partial charge in [-0.3, -0.25) is 4.79 Å². The fraction of sp³-hybridized carbons (Fsp3) is 0.333. The largest absolute Gasteiger partial charge is 0.350 e. The van der Waals surface area contributed by atoms with Crippen LogP contribution in [0.3, 0.4) is 0 Å². The zero-order chi connectivity index (χ0) is 13.8. The van der Waals surface area contributed by atoms with Gasteiger partial charge in [0, 0.05) is 17.7 Å². The van der Waals surface area contributed by atoms with Gasteiger partial charge in [0.25, 0.3) is 5.91 Å². The van der Waals surface area contributed by atoms with E-state index >= 15 is 0 Å². The van der Waals surface area contributed by atoms with E-state index < -0.39 is 0 Å². The number of nitrogens with one attached hydrogen (secondary N) is 2. The van der Waals surface area contributed by atoms with Gasteiger partial charge in [0.05, 0.1) is 0 Å². The number of carbonyl (C=O) groups excluding carboxylic acids is 1. The molecule has 21 heavy (non-hydrogen) atoms. The minimum absolute atomic E-state index is 0. The Kier molecular flexibility index (Phi) is 5.36. The first kappa shape index (κ1) is 15.5. The van der Waals surface area contributed by atoms with Crippen molar-refractivity contribution in [3.05, 3.63) is 42.2 Å². The molecule has 1 saturated heterocycles. The van der Waals surface area contributed by atoms with E-state index in [0.29, 0.717) is 5.69 Å². The summed E-state index contributed by atoms with van der Waals surface area (Å²) < 4.78 is 5.14. The summed E-state index contributed by atoms with van der Waals surface area (Å²) in [5.74, 6) is 0.0777. The molecule has 1 amide bonds. The standard InChI is InChI=1S/C15H17N3O2.ClH/c19-15(17-12-6-8-16-9-7-12)14-10-13(18-20-14)11-4-2-1-3-5-11;/h1-5,10,12,16H,6-9H2,(H,17,19);1H. The number of rotatable bonds is 3. The molecule has 2 N–H and O–H groups in total. The van der Waals surface area contributed by atoms with E-state index in [-0.39, 0.29) is 30.1 Å². The van der Waals surface area contributed by atoms with Crippen LogP contribution in [-0.4, -0.2) is 30.2 Å². The summed E-state index contributed by atoms with van der Waals surface area (Å²) >= 11 is 0. The van der Waals surface area contributed by atoms with Crippen molar-refractivity contribution in [3.63, 3.8) is 0 Å². The second kappa shape index (κ2) is 7.24. The van der Waals surface area contributed by atoms with E-state index in [1.807, 2.05) is 30.3 Å². The van der Waals surface area contributed by atoms with Gasteiger partial charge in [-0.2, -0.15) is 0 Å². The smallest absolute Gasteiger partial charge is 0.290 e. The van der Waals surface area contributed by atoms with E-state index in [4.69, 9.17) is 4.52 Å². The third-order valence-corrected chi connectivity index (χ3v) is 3.48. The quantitative estimate of drug-likeness (QED) is 0.912. The van der Waals surface area contributed by atoms with Crippen LogP contribution in [0.4, 0.5) is 0 Å². The van der Waals surface area contributed by atoms with Crippen LogP contribution in [0.15, 0.2) is 40.9 Å². The van der Waals surface area contributed by atoms with Crippen LogP contribution >= 0.6 is 12.4 Å². The van der Waals surface area contributed by atoms with Crippen molar-refractivity contribution in [2.24, 2.45) is 0 Å². The first-order chi connectivity index (χ1) is 9.83. The van der Waals surface area contributed by atoms with Crippen molar-refractivity contribution in [2.45, 2.75) is 18.9 Å². The van der Waals surface area contributed by atoms with Crippen molar-refractivity contribution < 1.29 is 9.32 Å². The molecule has 3 rings (SSSR count). The molecule has 0 aliphatic carbocycles. The molecule has 1 aliphatic rings. The second-order valence-electron chi connectivity index (χ2n) is 4.94. The molecule has 0 bridgehead atoms. The maximum atomic E-state index is 12.1. The van der Waals surface area contributed by atoms with Gasteiger partial charge in [-0.15, -0.1) is 12.4 Å². The molecule has 0 saturated carbocycles.